The second-order valence-electron chi connectivity index (χ2n) is 9.66. The Bertz CT molecular complexity index is 1380. The second-order valence-corrected chi connectivity index (χ2v) is 12.7. The number of unbranched alkanes of at least 4 members (excludes halogenated alkanes) is 3. The first-order chi connectivity index (χ1) is 17.9. The van der Waals surface area contributed by atoms with Crippen molar-refractivity contribution in [3.63, 3.8) is 0 Å². The normalized spacial score (nSPS) is 11.9. The van der Waals surface area contributed by atoms with Crippen molar-refractivity contribution in [2.45, 2.75) is 57.0 Å². The van der Waals surface area contributed by atoms with Crippen molar-refractivity contribution >= 4 is 43.6 Å². The van der Waals surface area contributed by atoms with E-state index in [1.165, 1.54) is 18.2 Å². The van der Waals surface area contributed by atoms with Crippen LogP contribution in [0.15, 0.2) is 52.0 Å². The molecule has 38 heavy (non-hydrogen) atoms. The highest BCUT2D eigenvalue weighted by Crippen LogP contribution is 2.29. The molecule has 2 aromatic carbocycles. The van der Waals surface area contributed by atoms with Crippen molar-refractivity contribution in [1.29, 1.82) is 0 Å². The van der Waals surface area contributed by atoms with Crippen LogP contribution < -0.4 is 10.0 Å². The minimum atomic E-state index is -3.86. The van der Waals surface area contributed by atoms with Gasteiger partial charge in [-0.3, -0.25) is 0 Å². The standard InChI is InChI=1S/C26H31BrClFN4O4S/c1-26(2,3)37-25(34)30-12-6-4-5-7-13-32-38(35,36)23-15-18(9-11-20(23)28)24-31-16-22(33-24)17-8-10-19(27)21(29)14-17/h8-11,14-16,32H,4-7,12-13H2,1-3H3,(H,30,34)(H,31,33). The van der Waals surface area contributed by atoms with Crippen LogP contribution in [-0.4, -0.2) is 43.2 Å². The first-order valence-electron chi connectivity index (χ1n) is 12.1. The molecule has 0 radical (unpaired) electrons. The summed E-state index contributed by atoms with van der Waals surface area (Å²) in [5, 5.41) is 2.80. The van der Waals surface area contributed by atoms with Crippen molar-refractivity contribution in [3.05, 3.63) is 57.9 Å². The summed E-state index contributed by atoms with van der Waals surface area (Å²) in [6.07, 6.45) is 4.13. The fourth-order valence-corrected chi connectivity index (χ4v) is 5.37. The molecule has 206 valence electrons. The highest BCUT2D eigenvalue weighted by Gasteiger charge is 2.20. The Morgan fingerprint density at radius 3 is 2.45 bits per heavy atom. The fourth-order valence-electron chi connectivity index (χ4n) is 3.53. The van der Waals surface area contributed by atoms with Gasteiger partial charge in [0.05, 0.1) is 21.4 Å². The van der Waals surface area contributed by atoms with Gasteiger partial charge in [-0.2, -0.15) is 0 Å². The highest BCUT2D eigenvalue weighted by atomic mass is 79.9. The van der Waals surface area contributed by atoms with E-state index in [9.17, 15) is 17.6 Å². The van der Waals surface area contributed by atoms with Crippen LogP contribution in [0.25, 0.3) is 22.6 Å². The molecule has 1 heterocycles. The Balaban J connectivity index is 1.52. The molecule has 0 atom stereocenters. The number of hydrogen-bond donors (Lipinski definition) is 3. The van der Waals surface area contributed by atoms with Crippen molar-refractivity contribution in [3.8, 4) is 22.6 Å². The zero-order valence-electron chi connectivity index (χ0n) is 21.4. The van der Waals surface area contributed by atoms with E-state index in [-0.39, 0.29) is 16.5 Å². The molecule has 1 aromatic heterocycles. The molecule has 8 nitrogen and oxygen atoms in total. The van der Waals surface area contributed by atoms with Crippen LogP contribution in [0.5, 0.6) is 0 Å². The van der Waals surface area contributed by atoms with Crippen LogP contribution in [0.4, 0.5) is 9.18 Å². The molecule has 0 unspecified atom stereocenters. The van der Waals surface area contributed by atoms with E-state index in [0.29, 0.717) is 40.1 Å². The monoisotopic (exact) mass is 628 g/mol. The van der Waals surface area contributed by atoms with Gasteiger partial charge in [-0.1, -0.05) is 30.5 Å². The van der Waals surface area contributed by atoms with Gasteiger partial charge in [-0.05, 0) is 79.9 Å². The zero-order chi connectivity index (χ0) is 27.9. The predicted molar refractivity (Wildman–Crippen MR) is 150 cm³/mol. The number of ether oxygens (including phenoxy) is 1. The third kappa shape index (κ3) is 8.79. The van der Waals surface area contributed by atoms with E-state index in [0.717, 1.165) is 19.3 Å². The Labute approximate surface area is 235 Å². The number of halogens is 3. The number of rotatable bonds is 11. The van der Waals surface area contributed by atoms with Gasteiger partial charge in [0.1, 0.15) is 22.1 Å². The minimum absolute atomic E-state index is 0.0501. The lowest BCUT2D eigenvalue weighted by Gasteiger charge is -2.19. The molecule has 12 heteroatoms. The van der Waals surface area contributed by atoms with E-state index in [2.05, 4.69) is 35.9 Å². The number of aromatic amines is 1. The number of sulfonamides is 1. The SMILES string of the molecule is CC(C)(C)OC(=O)NCCCCCCNS(=O)(=O)c1cc(-c2ncc(-c3ccc(Br)c(F)c3)[nH]2)ccc1Cl. The average Bonchev–Trinajstić information content (AvgIpc) is 3.32. The summed E-state index contributed by atoms with van der Waals surface area (Å²) in [6.45, 7) is 6.16. The third-order valence-electron chi connectivity index (χ3n) is 5.36. The lowest BCUT2D eigenvalue weighted by atomic mass is 10.2. The third-order valence-corrected chi connectivity index (χ3v) is 7.95. The van der Waals surface area contributed by atoms with Crippen molar-refractivity contribution in [1.82, 2.24) is 20.0 Å². The van der Waals surface area contributed by atoms with E-state index in [1.54, 1.807) is 45.2 Å². The van der Waals surface area contributed by atoms with E-state index in [4.69, 9.17) is 16.3 Å². The van der Waals surface area contributed by atoms with E-state index in [1.807, 2.05) is 0 Å². The molecule has 0 saturated heterocycles. The molecule has 0 aliphatic heterocycles. The van der Waals surface area contributed by atoms with Gasteiger partial charge in [-0.15, -0.1) is 0 Å². The summed E-state index contributed by atoms with van der Waals surface area (Å²) in [7, 11) is -3.86. The van der Waals surface area contributed by atoms with Gasteiger partial charge in [0.15, 0.2) is 0 Å². The number of benzene rings is 2. The van der Waals surface area contributed by atoms with Crippen LogP contribution in [-0.2, 0) is 14.8 Å². The second kappa shape index (κ2) is 13.1. The molecule has 3 rings (SSSR count). The number of carbonyl (C=O) groups is 1. The highest BCUT2D eigenvalue weighted by molar-refractivity contribution is 9.10. The molecule has 3 aromatic rings. The van der Waals surface area contributed by atoms with Crippen molar-refractivity contribution in [2.24, 2.45) is 0 Å². The number of alkyl carbamates (subject to hydrolysis) is 1. The van der Waals surface area contributed by atoms with Gasteiger partial charge >= 0.3 is 6.09 Å². The lowest BCUT2D eigenvalue weighted by molar-refractivity contribution is 0.0527. The van der Waals surface area contributed by atoms with Gasteiger partial charge in [-0.25, -0.2) is 27.3 Å². The van der Waals surface area contributed by atoms with Gasteiger partial charge in [0.2, 0.25) is 10.0 Å². The molecule has 0 fully saturated rings. The number of H-pyrrole nitrogens is 1. The van der Waals surface area contributed by atoms with Crippen LogP contribution in [0.3, 0.4) is 0 Å². The van der Waals surface area contributed by atoms with Gasteiger partial charge in [0.25, 0.3) is 0 Å². The number of carbonyl (C=O) groups excluding carboxylic acids is 1. The maximum atomic E-state index is 13.9. The molecule has 0 aliphatic rings. The molecule has 0 spiro atoms. The molecule has 0 bridgehead atoms. The number of aromatic nitrogens is 2. The first kappa shape index (κ1) is 30.1. The summed E-state index contributed by atoms with van der Waals surface area (Å²) in [5.41, 5.74) is 1.18. The number of hydrogen-bond acceptors (Lipinski definition) is 5. The lowest BCUT2D eigenvalue weighted by Crippen LogP contribution is -2.33. The Morgan fingerprint density at radius 1 is 1.08 bits per heavy atom. The van der Waals surface area contributed by atoms with Crippen LogP contribution >= 0.6 is 27.5 Å². The predicted octanol–water partition coefficient (Wildman–Crippen LogP) is 6.66. The Morgan fingerprint density at radius 2 is 1.76 bits per heavy atom. The average molecular weight is 630 g/mol. The topological polar surface area (TPSA) is 113 Å². The maximum absolute atomic E-state index is 13.9. The summed E-state index contributed by atoms with van der Waals surface area (Å²) in [4.78, 5) is 19.0. The Hall–Kier alpha value is -2.47. The molecule has 0 saturated carbocycles. The van der Waals surface area contributed by atoms with Crippen molar-refractivity contribution < 1.29 is 22.3 Å². The number of nitrogens with zero attached hydrogens (tertiary/aromatic N) is 1. The molecule has 3 N–H and O–H groups in total. The largest absolute Gasteiger partial charge is 0.444 e. The van der Waals surface area contributed by atoms with Gasteiger partial charge in [0, 0.05) is 24.2 Å². The number of nitrogens with one attached hydrogen (secondary N) is 3. The maximum Gasteiger partial charge on any atom is 0.407 e. The summed E-state index contributed by atoms with van der Waals surface area (Å²) >= 11 is 9.36. The zero-order valence-corrected chi connectivity index (χ0v) is 24.6. The summed E-state index contributed by atoms with van der Waals surface area (Å²) in [6, 6.07) is 9.34. The van der Waals surface area contributed by atoms with Crippen molar-refractivity contribution in [2.75, 3.05) is 13.1 Å². The number of amides is 1. The Kier molecular flexibility index (Phi) is 10.3. The molecular formula is C26H31BrClFN4O4S. The van der Waals surface area contributed by atoms with Gasteiger partial charge < -0.3 is 15.0 Å². The summed E-state index contributed by atoms with van der Waals surface area (Å²) < 4.78 is 47.9. The molecule has 0 aliphatic carbocycles. The van der Waals surface area contributed by atoms with E-state index >= 15 is 0 Å². The molecular weight excluding hydrogens is 599 g/mol. The van der Waals surface area contributed by atoms with Crippen LogP contribution in [0.1, 0.15) is 46.5 Å². The van der Waals surface area contributed by atoms with Crippen LogP contribution in [0, 0.1) is 5.82 Å². The smallest absolute Gasteiger partial charge is 0.407 e. The fraction of sp³-hybridized carbons (Fsp3) is 0.385. The first-order valence-corrected chi connectivity index (χ1v) is 14.8. The van der Waals surface area contributed by atoms with E-state index < -0.39 is 27.5 Å². The minimum Gasteiger partial charge on any atom is -0.444 e. The summed E-state index contributed by atoms with van der Waals surface area (Å²) in [5.74, 6) is 0.0264. The number of imidazole rings is 1. The van der Waals surface area contributed by atoms with Crippen LogP contribution in [0.2, 0.25) is 5.02 Å². The quantitative estimate of drug-likeness (QED) is 0.205. The molecule has 1 amide bonds.